The van der Waals surface area contributed by atoms with Crippen LogP contribution in [0.15, 0.2) is 6.07 Å². The molecule has 3 saturated heterocycles. The van der Waals surface area contributed by atoms with Gasteiger partial charge in [0, 0.05) is 70.8 Å². The van der Waals surface area contributed by atoms with Gasteiger partial charge in [0.25, 0.3) is 0 Å². The lowest BCUT2D eigenvalue weighted by Crippen LogP contribution is -2.48. The number of ether oxygens (including phenoxy) is 2. The fourth-order valence-corrected chi connectivity index (χ4v) is 3.92. The van der Waals surface area contributed by atoms with Crippen LogP contribution in [0.2, 0.25) is 0 Å². The van der Waals surface area contributed by atoms with Gasteiger partial charge in [0.05, 0.1) is 13.2 Å². The summed E-state index contributed by atoms with van der Waals surface area (Å²) < 4.78 is 11.6. The molecule has 0 saturated carbocycles. The number of aryl methyl sites for hydroxylation is 1. The number of rotatable bonds is 2. The van der Waals surface area contributed by atoms with E-state index in [2.05, 4.69) is 14.8 Å². The highest BCUT2D eigenvalue weighted by Gasteiger charge is 2.40. The van der Waals surface area contributed by atoms with Crippen LogP contribution < -0.4 is 9.80 Å². The number of carbonyl (C=O) groups is 1. The van der Waals surface area contributed by atoms with Crippen LogP contribution in [0.5, 0.6) is 0 Å². The summed E-state index contributed by atoms with van der Waals surface area (Å²) in [7, 11) is 0. The topological polar surface area (TPSA) is 71.0 Å². The minimum atomic E-state index is -0.383. The predicted octanol–water partition coefficient (Wildman–Crippen LogP) is 0.797. The summed E-state index contributed by atoms with van der Waals surface area (Å²) in [5, 5.41) is 0. The van der Waals surface area contributed by atoms with Gasteiger partial charge in [-0.25, -0.2) is 4.98 Å². The number of nitrogens with zero attached hydrogens (tertiary/aromatic N) is 5. The van der Waals surface area contributed by atoms with Crippen molar-refractivity contribution in [2.75, 3.05) is 62.3 Å². The lowest BCUT2D eigenvalue weighted by Gasteiger charge is -2.38. The van der Waals surface area contributed by atoms with Crippen molar-refractivity contribution in [2.45, 2.75) is 32.5 Å². The molecule has 3 fully saturated rings. The number of aromatic nitrogens is 2. The lowest BCUT2D eigenvalue weighted by atomic mass is 10.0. The molecule has 3 aliphatic rings. The van der Waals surface area contributed by atoms with Crippen LogP contribution in [-0.4, -0.2) is 79.0 Å². The van der Waals surface area contributed by atoms with Gasteiger partial charge < -0.3 is 24.2 Å². The second-order valence-electron chi connectivity index (χ2n) is 7.26. The first-order chi connectivity index (χ1) is 12.5. The van der Waals surface area contributed by atoms with E-state index in [-0.39, 0.29) is 11.7 Å². The monoisotopic (exact) mass is 361 g/mol. The molecule has 4 heterocycles. The maximum Gasteiger partial charge on any atom is 0.227 e. The molecular formula is C18H27N5O3. The van der Waals surface area contributed by atoms with Crippen LogP contribution in [0.3, 0.4) is 0 Å². The zero-order valence-electron chi connectivity index (χ0n) is 15.6. The highest BCUT2D eigenvalue weighted by molar-refractivity contribution is 5.73. The molecule has 1 spiro atoms. The Hall–Kier alpha value is -1.93. The smallest absolute Gasteiger partial charge is 0.227 e. The van der Waals surface area contributed by atoms with Gasteiger partial charge in [-0.15, -0.1) is 0 Å². The van der Waals surface area contributed by atoms with Crippen molar-refractivity contribution in [3.8, 4) is 0 Å². The number of hydrogen-bond donors (Lipinski definition) is 0. The van der Waals surface area contributed by atoms with Crippen molar-refractivity contribution < 1.29 is 14.3 Å². The molecular weight excluding hydrogens is 334 g/mol. The van der Waals surface area contributed by atoms with Crippen LogP contribution >= 0.6 is 0 Å². The minimum absolute atomic E-state index is 0.141. The maximum absolute atomic E-state index is 11.5. The van der Waals surface area contributed by atoms with Gasteiger partial charge in [-0.1, -0.05) is 0 Å². The summed E-state index contributed by atoms with van der Waals surface area (Å²) >= 11 is 0. The molecule has 8 nitrogen and oxygen atoms in total. The summed E-state index contributed by atoms with van der Waals surface area (Å²) in [5.74, 6) is 1.49. The summed E-state index contributed by atoms with van der Waals surface area (Å²) in [5.41, 5.74) is 0.965. The van der Waals surface area contributed by atoms with Gasteiger partial charge in [0.2, 0.25) is 11.9 Å². The van der Waals surface area contributed by atoms with Crippen LogP contribution in [0.25, 0.3) is 0 Å². The van der Waals surface area contributed by atoms with E-state index in [1.165, 1.54) is 0 Å². The Labute approximate surface area is 154 Å². The fourth-order valence-electron chi connectivity index (χ4n) is 3.92. The Kier molecular flexibility index (Phi) is 4.71. The van der Waals surface area contributed by atoms with Gasteiger partial charge in [-0.05, 0) is 6.92 Å². The zero-order chi connectivity index (χ0) is 18.1. The van der Waals surface area contributed by atoms with Gasteiger partial charge >= 0.3 is 0 Å². The third kappa shape index (κ3) is 3.48. The normalized spacial score (nSPS) is 22.9. The Bertz CT molecular complexity index is 659. The first-order valence-electron chi connectivity index (χ1n) is 9.44. The third-order valence-electron chi connectivity index (χ3n) is 5.50. The molecule has 8 heteroatoms. The van der Waals surface area contributed by atoms with E-state index in [0.717, 1.165) is 69.6 Å². The van der Waals surface area contributed by atoms with Crippen molar-refractivity contribution in [2.24, 2.45) is 0 Å². The molecule has 3 aliphatic heterocycles. The number of anilines is 2. The largest absolute Gasteiger partial charge is 0.353 e. The second-order valence-corrected chi connectivity index (χ2v) is 7.26. The van der Waals surface area contributed by atoms with E-state index >= 15 is 0 Å². The summed E-state index contributed by atoms with van der Waals surface area (Å²) in [6.45, 7) is 9.79. The number of piperidine rings is 1. The van der Waals surface area contributed by atoms with Crippen LogP contribution in [0, 0.1) is 6.92 Å². The maximum atomic E-state index is 11.5. The predicted molar refractivity (Wildman–Crippen MR) is 97.3 cm³/mol. The SMILES string of the molecule is CC(=O)N1CCN(c2cc(C)nc(N3CCC4(CC3)OCCO4)n2)CC1. The summed E-state index contributed by atoms with van der Waals surface area (Å²) in [6.07, 6.45) is 1.69. The van der Waals surface area contributed by atoms with Crippen molar-refractivity contribution in [3.63, 3.8) is 0 Å². The number of hydrogen-bond acceptors (Lipinski definition) is 7. The molecule has 1 aromatic rings. The van der Waals surface area contributed by atoms with Crippen LogP contribution in [0.1, 0.15) is 25.5 Å². The third-order valence-corrected chi connectivity index (χ3v) is 5.50. The molecule has 26 heavy (non-hydrogen) atoms. The van der Waals surface area contributed by atoms with Crippen molar-refractivity contribution >= 4 is 17.7 Å². The van der Waals surface area contributed by atoms with Gasteiger partial charge in [0.1, 0.15) is 5.82 Å². The van der Waals surface area contributed by atoms with E-state index in [4.69, 9.17) is 14.5 Å². The Morgan fingerprint density at radius 3 is 2.27 bits per heavy atom. The van der Waals surface area contributed by atoms with Crippen molar-refractivity contribution in [1.29, 1.82) is 0 Å². The van der Waals surface area contributed by atoms with E-state index in [1.807, 2.05) is 17.9 Å². The minimum Gasteiger partial charge on any atom is -0.353 e. The first kappa shape index (κ1) is 17.5. The molecule has 0 bridgehead atoms. The molecule has 0 atom stereocenters. The molecule has 0 unspecified atom stereocenters. The molecule has 0 radical (unpaired) electrons. The van der Waals surface area contributed by atoms with Crippen molar-refractivity contribution in [1.82, 2.24) is 14.9 Å². The fraction of sp³-hybridized carbons (Fsp3) is 0.722. The molecule has 142 valence electrons. The Morgan fingerprint density at radius 2 is 1.65 bits per heavy atom. The molecule has 0 aliphatic carbocycles. The highest BCUT2D eigenvalue weighted by atomic mass is 16.7. The zero-order valence-corrected chi connectivity index (χ0v) is 15.6. The first-order valence-corrected chi connectivity index (χ1v) is 9.44. The highest BCUT2D eigenvalue weighted by Crippen LogP contribution is 2.32. The quantitative estimate of drug-likeness (QED) is 0.771. The van der Waals surface area contributed by atoms with E-state index in [9.17, 15) is 4.79 Å². The average molecular weight is 361 g/mol. The Balaban J connectivity index is 1.44. The van der Waals surface area contributed by atoms with E-state index in [0.29, 0.717) is 13.2 Å². The van der Waals surface area contributed by atoms with E-state index in [1.54, 1.807) is 6.92 Å². The molecule has 0 N–H and O–H groups in total. The number of carbonyl (C=O) groups excluding carboxylic acids is 1. The molecule has 0 aromatic carbocycles. The van der Waals surface area contributed by atoms with Gasteiger partial charge in [-0.3, -0.25) is 4.79 Å². The average Bonchev–Trinajstić information content (AvgIpc) is 3.10. The van der Waals surface area contributed by atoms with E-state index < -0.39 is 0 Å². The summed E-state index contributed by atoms with van der Waals surface area (Å²) in [6, 6.07) is 2.03. The number of amides is 1. The van der Waals surface area contributed by atoms with Crippen LogP contribution in [0.4, 0.5) is 11.8 Å². The van der Waals surface area contributed by atoms with Crippen LogP contribution in [-0.2, 0) is 14.3 Å². The Morgan fingerprint density at radius 1 is 1.00 bits per heavy atom. The lowest BCUT2D eigenvalue weighted by molar-refractivity contribution is -0.169. The molecule has 1 amide bonds. The van der Waals surface area contributed by atoms with Gasteiger partial charge in [-0.2, -0.15) is 4.98 Å². The molecule has 4 rings (SSSR count). The number of piperazine rings is 1. The van der Waals surface area contributed by atoms with Crippen molar-refractivity contribution in [3.05, 3.63) is 11.8 Å². The second kappa shape index (κ2) is 7.00. The summed E-state index contributed by atoms with van der Waals surface area (Å²) in [4.78, 5) is 27.3. The van der Waals surface area contributed by atoms with Gasteiger partial charge in [0.15, 0.2) is 5.79 Å². The molecule has 1 aromatic heterocycles. The standard InChI is InChI=1S/C18H27N5O3/c1-14-13-16(22-9-7-21(8-10-22)15(2)24)20-17(19-14)23-5-3-18(4-6-23)25-11-12-26-18/h13H,3-12H2,1-2H3.